The van der Waals surface area contributed by atoms with Gasteiger partial charge in [0.15, 0.2) is 5.78 Å². The number of sulfonamides is 1. The molecule has 0 heterocycles. The highest BCUT2D eigenvalue weighted by atomic mass is 32.2. The van der Waals surface area contributed by atoms with Gasteiger partial charge in [0.25, 0.3) is 0 Å². The topological polar surface area (TPSA) is 109 Å². The van der Waals surface area contributed by atoms with E-state index in [4.69, 9.17) is 0 Å². The molecule has 1 saturated carbocycles. The Kier molecular flexibility index (Phi) is 9.66. The van der Waals surface area contributed by atoms with E-state index < -0.39 is 39.0 Å². The van der Waals surface area contributed by atoms with Crippen molar-refractivity contribution < 1.29 is 22.8 Å². The predicted octanol–water partition coefficient (Wildman–Crippen LogP) is 3.42. The van der Waals surface area contributed by atoms with Crippen LogP contribution in [0.3, 0.4) is 0 Å². The average molecular weight is 475 g/mol. The van der Waals surface area contributed by atoms with Crippen molar-refractivity contribution in [2.24, 2.45) is 0 Å². The second kappa shape index (κ2) is 12.0. The molecule has 0 bridgehead atoms. The molecule has 2 N–H and O–H groups in total. The molecule has 0 radical (unpaired) electrons. The smallest absolute Gasteiger partial charge is 0.242 e. The fourth-order valence-corrected chi connectivity index (χ4v) is 4.65. The molecule has 0 spiro atoms. The molecule has 7 nitrogen and oxygen atoms in total. The molecule has 1 fully saturated rings. The van der Waals surface area contributed by atoms with Gasteiger partial charge in [-0.3, -0.25) is 19.1 Å². The second-order valence-corrected chi connectivity index (χ2v) is 10.9. The van der Waals surface area contributed by atoms with E-state index in [0.29, 0.717) is 24.8 Å². The molecule has 1 unspecified atom stereocenters. The van der Waals surface area contributed by atoms with Gasteiger partial charge in [-0.1, -0.05) is 61.9 Å². The van der Waals surface area contributed by atoms with Crippen molar-refractivity contribution in [2.45, 2.75) is 89.3 Å². The lowest BCUT2D eigenvalue weighted by Crippen LogP contribution is -2.48. The second-order valence-electron chi connectivity index (χ2n) is 8.91. The third-order valence-electron chi connectivity index (χ3n) is 5.36. The van der Waals surface area contributed by atoms with Crippen molar-refractivity contribution in [3.63, 3.8) is 0 Å². The zero-order chi connectivity index (χ0) is 24.5. The fourth-order valence-electron chi connectivity index (χ4n) is 3.33. The van der Waals surface area contributed by atoms with Gasteiger partial charge in [0.2, 0.25) is 21.8 Å². The largest absolute Gasteiger partial charge is 0.339 e. The van der Waals surface area contributed by atoms with Gasteiger partial charge in [0.1, 0.15) is 12.0 Å². The Balaban J connectivity index is 2.05. The Hall–Kier alpha value is -2.66. The normalized spacial score (nSPS) is 15.0. The van der Waals surface area contributed by atoms with Gasteiger partial charge in [-0.05, 0) is 33.1 Å². The molecular weight excluding hydrogens is 440 g/mol. The lowest BCUT2D eigenvalue weighted by atomic mass is 9.91. The van der Waals surface area contributed by atoms with E-state index in [9.17, 15) is 22.8 Å². The zero-order valence-electron chi connectivity index (χ0n) is 19.7. The van der Waals surface area contributed by atoms with Crippen molar-refractivity contribution in [2.75, 3.05) is 0 Å². The lowest BCUT2D eigenvalue weighted by molar-refractivity contribution is -0.128. The third-order valence-corrected chi connectivity index (χ3v) is 7.22. The number of ketones is 1. The maximum atomic E-state index is 12.8. The summed E-state index contributed by atoms with van der Waals surface area (Å²) < 4.78 is 25.8. The number of Topliss-reactive ketones (excluding diaryl/α,β-unsaturated/α-hetero) is 1. The van der Waals surface area contributed by atoms with E-state index >= 15 is 0 Å². The number of nitrogens with one attached hydrogen (secondary N) is 2. The first kappa shape index (κ1) is 26.6. The summed E-state index contributed by atoms with van der Waals surface area (Å²) in [6, 6.07) is 7.14. The summed E-state index contributed by atoms with van der Waals surface area (Å²) in [7, 11) is -3.72. The molecule has 33 heavy (non-hydrogen) atoms. The number of carbonyl (C=O) groups is 3. The Morgan fingerprint density at radius 1 is 1.06 bits per heavy atom. The molecule has 1 aliphatic carbocycles. The molecule has 0 aromatic heterocycles. The van der Waals surface area contributed by atoms with E-state index in [1.165, 1.54) is 0 Å². The highest BCUT2D eigenvalue weighted by Crippen LogP contribution is 2.27. The van der Waals surface area contributed by atoms with Crippen LogP contribution in [0.4, 0.5) is 0 Å². The summed E-state index contributed by atoms with van der Waals surface area (Å²) >= 11 is 0. The summed E-state index contributed by atoms with van der Waals surface area (Å²) in [5.41, 5.74) is 0.361. The van der Waals surface area contributed by atoms with Gasteiger partial charge >= 0.3 is 0 Å². The molecule has 1 aromatic rings. The molecule has 0 saturated heterocycles. The molecule has 1 aliphatic rings. The van der Waals surface area contributed by atoms with Gasteiger partial charge in [0.05, 0.1) is 5.25 Å². The van der Waals surface area contributed by atoms with Crippen molar-refractivity contribution in [1.82, 2.24) is 10.0 Å². The van der Waals surface area contributed by atoms with Crippen LogP contribution < -0.4 is 10.0 Å². The first-order valence-electron chi connectivity index (χ1n) is 11.5. The number of aryl methyl sites for hydroxylation is 1. The van der Waals surface area contributed by atoms with Crippen LogP contribution in [-0.4, -0.2) is 36.8 Å². The number of benzene rings is 1. The Bertz CT molecular complexity index is 1020. The molecule has 1 atom stereocenters. The maximum Gasteiger partial charge on any atom is 0.242 e. The Morgan fingerprint density at radius 2 is 1.73 bits per heavy atom. The van der Waals surface area contributed by atoms with Crippen LogP contribution in [0.15, 0.2) is 24.3 Å². The van der Waals surface area contributed by atoms with Crippen LogP contribution in [0.2, 0.25) is 0 Å². The molecule has 2 rings (SSSR count). The monoisotopic (exact) mass is 474 g/mol. The van der Waals surface area contributed by atoms with E-state index in [1.807, 2.05) is 23.8 Å². The number of carbonyl (C=O) groups excluding carboxylic acids is 3. The maximum absolute atomic E-state index is 12.8. The number of amides is 2. The SMILES string of the molecule is CCCCCCC#CC(C)(CC(=O)c1ccc(C)cc1)NC(=O)CC(=O)NS(=O)(=O)C1CC1. The minimum absolute atomic E-state index is 0.0637. The molecule has 8 heteroatoms. The Morgan fingerprint density at radius 3 is 2.33 bits per heavy atom. The standard InChI is InChI=1S/C25H34N2O5S/c1-4-5-6-7-8-9-16-25(3,18-22(28)20-12-10-19(2)11-13-20)26-23(29)17-24(30)27-33(31,32)21-14-15-21/h10-13,21H,4-8,14-15,17-18H2,1-3H3,(H,26,29)(H,27,30). The summed E-state index contributed by atoms with van der Waals surface area (Å²) in [5.74, 6) is 4.32. The van der Waals surface area contributed by atoms with Gasteiger partial charge < -0.3 is 5.32 Å². The molecule has 180 valence electrons. The van der Waals surface area contributed by atoms with Crippen LogP contribution in [0.25, 0.3) is 0 Å². The van der Waals surface area contributed by atoms with Crippen molar-refractivity contribution >= 4 is 27.6 Å². The van der Waals surface area contributed by atoms with Crippen LogP contribution in [0, 0.1) is 18.8 Å². The first-order chi connectivity index (χ1) is 15.5. The number of hydrogen-bond donors (Lipinski definition) is 2. The quantitative estimate of drug-likeness (QED) is 0.209. The molecular formula is C25H34N2O5S. The van der Waals surface area contributed by atoms with E-state index in [1.54, 1.807) is 19.1 Å². The van der Waals surface area contributed by atoms with Gasteiger partial charge in [0, 0.05) is 18.4 Å². The highest BCUT2D eigenvalue weighted by Gasteiger charge is 2.37. The summed E-state index contributed by atoms with van der Waals surface area (Å²) in [4.78, 5) is 37.4. The van der Waals surface area contributed by atoms with Gasteiger partial charge in [-0.2, -0.15) is 0 Å². The summed E-state index contributed by atoms with van der Waals surface area (Å²) in [5, 5.41) is 2.12. The van der Waals surface area contributed by atoms with E-state index in [0.717, 1.165) is 31.2 Å². The molecule has 0 aliphatic heterocycles. The van der Waals surface area contributed by atoms with Crippen molar-refractivity contribution in [1.29, 1.82) is 0 Å². The summed E-state index contributed by atoms with van der Waals surface area (Å²) in [6.07, 6.45) is 5.19. The lowest BCUT2D eigenvalue weighted by Gasteiger charge is -2.25. The predicted molar refractivity (Wildman–Crippen MR) is 128 cm³/mol. The van der Waals surface area contributed by atoms with Crippen LogP contribution >= 0.6 is 0 Å². The van der Waals surface area contributed by atoms with Crippen LogP contribution in [-0.2, 0) is 19.6 Å². The van der Waals surface area contributed by atoms with Gasteiger partial charge in [-0.25, -0.2) is 8.42 Å². The van der Waals surface area contributed by atoms with Crippen LogP contribution in [0.1, 0.15) is 87.6 Å². The van der Waals surface area contributed by atoms with Crippen molar-refractivity contribution in [3.05, 3.63) is 35.4 Å². The number of rotatable bonds is 12. The highest BCUT2D eigenvalue weighted by molar-refractivity contribution is 7.90. The summed E-state index contributed by atoms with van der Waals surface area (Å²) in [6.45, 7) is 5.70. The minimum atomic E-state index is -3.72. The van der Waals surface area contributed by atoms with Crippen LogP contribution in [0.5, 0.6) is 0 Å². The van der Waals surface area contributed by atoms with E-state index in [-0.39, 0.29) is 12.2 Å². The first-order valence-corrected chi connectivity index (χ1v) is 13.0. The fraction of sp³-hybridized carbons (Fsp3) is 0.560. The van der Waals surface area contributed by atoms with Crippen molar-refractivity contribution in [3.8, 4) is 11.8 Å². The third kappa shape index (κ3) is 9.39. The Labute approximate surface area is 197 Å². The minimum Gasteiger partial charge on any atom is -0.339 e. The van der Waals surface area contributed by atoms with Gasteiger partial charge in [-0.15, -0.1) is 5.92 Å². The number of unbranched alkanes of at least 4 members (excludes halogenated alkanes) is 4. The number of hydrogen-bond acceptors (Lipinski definition) is 5. The van der Waals surface area contributed by atoms with E-state index in [2.05, 4.69) is 24.1 Å². The molecule has 2 amide bonds. The average Bonchev–Trinajstić information content (AvgIpc) is 3.56. The molecule has 1 aromatic carbocycles. The zero-order valence-corrected chi connectivity index (χ0v) is 20.5.